The topological polar surface area (TPSA) is 50.3 Å². The molecule has 2 heterocycles. The van der Waals surface area contributed by atoms with Crippen LogP contribution >= 0.6 is 0 Å². The summed E-state index contributed by atoms with van der Waals surface area (Å²) in [6.45, 7) is 2.90. The third kappa shape index (κ3) is 2.66. The van der Waals surface area contributed by atoms with Crippen LogP contribution in [0.2, 0.25) is 0 Å². The number of benzene rings is 1. The third-order valence-corrected chi connectivity index (χ3v) is 4.23. The van der Waals surface area contributed by atoms with Crippen molar-refractivity contribution >= 4 is 22.5 Å². The Labute approximate surface area is 123 Å². The van der Waals surface area contributed by atoms with E-state index in [4.69, 9.17) is 0 Å². The predicted octanol–water partition coefficient (Wildman–Crippen LogP) is 2.68. The molecular formula is C17H18N2O2. The number of nitrogens with zero attached hydrogens (tertiary/aromatic N) is 2. The van der Waals surface area contributed by atoms with E-state index in [2.05, 4.69) is 4.98 Å². The predicted molar refractivity (Wildman–Crippen MR) is 81.1 cm³/mol. The number of likely N-dealkylation sites (tertiary alicyclic amines) is 1. The first-order valence-electron chi connectivity index (χ1n) is 7.30. The number of Topliss-reactive ketones (excluding diaryl/α,β-unsaturated/α-hetero) is 1. The van der Waals surface area contributed by atoms with Gasteiger partial charge < -0.3 is 4.90 Å². The number of rotatable bonds is 2. The Morgan fingerprint density at radius 2 is 1.86 bits per heavy atom. The number of pyridine rings is 1. The SMILES string of the molecule is CC(=O)C1CCN(C(=O)c2nccc3ccccc23)CC1. The molecule has 0 N–H and O–H groups in total. The van der Waals surface area contributed by atoms with E-state index in [9.17, 15) is 9.59 Å². The van der Waals surface area contributed by atoms with Crippen molar-refractivity contribution < 1.29 is 9.59 Å². The fourth-order valence-corrected chi connectivity index (χ4v) is 2.93. The lowest BCUT2D eigenvalue weighted by Gasteiger charge is -2.30. The van der Waals surface area contributed by atoms with Gasteiger partial charge in [0.05, 0.1) is 0 Å². The van der Waals surface area contributed by atoms with Crippen molar-refractivity contribution in [2.45, 2.75) is 19.8 Å². The van der Waals surface area contributed by atoms with Crippen molar-refractivity contribution in [1.82, 2.24) is 9.88 Å². The van der Waals surface area contributed by atoms with E-state index in [1.54, 1.807) is 13.1 Å². The fraction of sp³-hybridized carbons (Fsp3) is 0.353. The van der Waals surface area contributed by atoms with Gasteiger partial charge in [0.25, 0.3) is 5.91 Å². The van der Waals surface area contributed by atoms with Crippen LogP contribution in [-0.2, 0) is 4.79 Å². The fourth-order valence-electron chi connectivity index (χ4n) is 2.93. The summed E-state index contributed by atoms with van der Waals surface area (Å²) >= 11 is 0. The molecule has 0 radical (unpaired) electrons. The highest BCUT2D eigenvalue weighted by Crippen LogP contribution is 2.22. The molecule has 1 aromatic heterocycles. The summed E-state index contributed by atoms with van der Waals surface area (Å²) in [7, 11) is 0. The summed E-state index contributed by atoms with van der Waals surface area (Å²) in [5.74, 6) is 0.300. The molecule has 0 aliphatic carbocycles. The number of carbonyl (C=O) groups is 2. The Kier molecular flexibility index (Phi) is 3.69. The van der Waals surface area contributed by atoms with Crippen LogP contribution in [0.1, 0.15) is 30.3 Å². The second-order valence-electron chi connectivity index (χ2n) is 5.56. The van der Waals surface area contributed by atoms with Gasteiger partial charge in [-0.05, 0) is 31.2 Å². The maximum Gasteiger partial charge on any atom is 0.273 e. The number of ketones is 1. The molecule has 1 aromatic carbocycles. The monoisotopic (exact) mass is 282 g/mol. The lowest BCUT2D eigenvalue weighted by molar-refractivity contribution is -0.121. The second-order valence-corrected chi connectivity index (χ2v) is 5.56. The lowest BCUT2D eigenvalue weighted by atomic mass is 9.93. The van der Waals surface area contributed by atoms with Gasteiger partial charge in [-0.3, -0.25) is 14.6 Å². The van der Waals surface area contributed by atoms with Gasteiger partial charge in [0.2, 0.25) is 0 Å². The van der Waals surface area contributed by atoms with Crippen LogP contribution in [0.5, 0.6) is 0 Å². The summed E-state index contributed by atoms with van der Waals surface area (Å²) < 4.78 is 0. The van der Waals surface area contributed by atoms with E-state index in [-0.39, 0.29) is 17.6 Å². The number of aromatic nitrogens is 1. The minimum absolute atomic E-state index is 0.0335. The molecule has 4 heteroatoms. The number of hydrogen-bond donors (Lipinski definition) is 0. The Morgan fingerprint density at radius 1 is 1.14 bits per heavy atom. The Bertz CT molecular complexity index is 683. The first kappa shape index (κ1) is 13.7. The molecule has 0 spiro atoms. The molecule has 4 nitrogen and oxygen atoms in total. The van der Waals surface area contributed by atoms with Crippen LogP contribution in [0.25, 0.3) is 10.8 Å². The summed E-state index contributed by atoms with van der Waals surface area (Å²) in [4.78, 5) is 30.2. The summed E-state index contributed by atoms with van der Waals surface area (Å²) in [6.07, 6.45) is 3.19. The normalized spacial score (nSPS) is 16.1. The molecule has 1 aliphatic heterocycles. The van der Waals surface area contributed by atoms with Gasteiger partial charge in [0, 0.05) is 30.6 Å². The van der Waals surface area contributed by atoms with Crippen LogP contribution in [0.15, 0.2) is 36.5 Å². The van der Waals surface area contributed by atoms with Crippen molar-refractivity contribution in [3.05, 3.63) is 42.2 Å². The van der Waals surface area contributed by atoms with Crippen molar-refractivity contribution in [3.8, 4) is 0 Å². The molecule has 21 heavy (non-hydrogen) atoms. The van der Waals surface area contributed by atoms with E-state index in [0.717, 1.165) is 23.6 Å². The minimum atomic E-state index is -0.0335. The first-order valence-corrected chi connectivity index (χ1v) is 7.30. The van der Waals surface area contributed by atoms with E-state index in [1.165, 1.54) is 0 Å². The molecule has 1 amide bonds. The Hall–Kier alpha value is -2.23. The van der Waals surface area contributed by atoms with E-state index in [1.807, 2.05) is 35.2 Å². The van der Waals surface area contributed by atoms with Gasteiger partial charge in [-0.1, -0.05) is 24.3 Å². The van der Waals surface area contributed by atoms with Crippen LogP contribution in [-0.4, -0.2) is 34.7 Å². The van der Waals surface area contributed by atoms with Gasteiger partial charge in [-0.25, -0.2) is 0 Å². The number of hydrogen-bond acceptors (Lipinski definition) is 3. The molecule has 108 valence electrons. The molecular weight excluding hydrogens is 264 g/mol. The number of fused-ring (bicyclic) bond motifs is 1. The van der Waals surface area contributed by atoms with Crippen LogP contribution in [0.3, 0.4) is 0 Å². The highest BCUT2D eigenvalue weighted by atomic mass is 16.2. The number of amides is 1. The smallest absolute Gasteiger partial charge is 0.273 e. The molecule has 0 unspecified atom stereocenters. The minimum Gasteiger partial charge on any atom is -0.337 e. The first-order chi connectivity index (χ1) is 10.2. The molecule has 2 aromatic rings. The maximum atomic E-state index is 12.7. The molecule has 0 atom stereocenters. The van der Waals surface area contributed by atoms with Crippen LogP contribution in [0.4, 0.5) is 0 Å². The molecule has 1 aliphatic rings. The van der Waals surface area contributed by atoms with Gasteiger partial charge in [-0.2, -0.15) is 0 Å². The van der Waals surface area contributed by atoms with E-state index < -0.39 is 0 Å². The van der Waals surface area contributed by atoms with Crippen LogP contribution in [0, 0.1) is 5.92 Å². The van der Waals surface area contributed by atoms with E-state index in [0.29, 0.717) is 18.8 Å². The van der Waals surface area contributed by atoms with Gasteiger partial charge in [0.1, 0.15) is 11.5 Å². The maximum absolute atomic E-state index is 12.7. The largest absolute Gasteiger partial charge is 0.337 e. The second kappa shape index (κ2) is 5.64. The highest BCUT2D eigenvalue weighted by molar-refractivity contribution is 6.05. The Morgan fingerprint density at radius 3 is 2.57 bits per heavy atom. The number of piperidine rings is 1. The van der Waals surface area contributed by atoms with Crippen molar-refractivity contribution in [3.63, 3.8) is 0 Å². The van der Waals surface area contributed by atoms with Crippen molar-refractivity contribution in [2.24, 2.45) is 5.92 Å². The van der Waals surface area contributed by atoms with Gasteiger partial charge in [-0.15, -0.1) is 0 Å². The standard InChI is InChI=1S/C17H18N2O2/c1-12(20)13-7-10-19(11-8-13)17(21)16-15-5-3-2-4-14(15)6-9-18-16/h2-6,9,13H,7-8,10-11H2,1H3. The molecule has 0 saturated carbocycles. The third-order valence-electron chi connectivity index (χ3n) is 4.23. The Balaban J connectivity index is 1.84. The lowest BCUT2D eigenvalue weighted by Crippen LogP contribution is -2.40. The average Bonchev–Trinajstić information content (AvgIpc) is 2.53. The average molecular weight is 282 g/mol. The summed E-state index contributed by atoms with van der Waals surface area (Å²) in [6, 6.07) is 9.69. The zero-order chi connectivity index (χ0) is 14.8. The molecule has 3 rings (SSSR count). The van der Waals surface area contributed by atoms with Gasteiger partial charge >= 0.3 is 0 Å². The summed E-state index contributed by atoms with van der Waals surface area (Å²) in [5.41, 5.74) is 0.509. The molecule has 1 saturated heterocycles. The molecule has 0 bridgehead atoms. The van der Waals surface area contributed by atoms with E-state index >= 15 is 0 Å². The summed E-state index contributed by atoms with van der Waals surface area (Å²) in [5, 5.41) is 1.91. The quantitative estimate of drug-likeness (QED) is 0.851. The highest BCUT2D eigenvalue weighted by Gasteiger charge is 2.27. The number of carbonyl (C=O) groups excluding carboxylic acids is 2. The molecule has 1 fully saturated rings. The zero-order valence-corrected chi connectivity index (χ0v) is 12.1. The zero-order valence-electron chi connectivity index (χ0n) is 12.1. The van der Waals surface area contributed by atoms with Crippen LogP contribution < -0.4 is 0 Å². The van der Waals surface area contributed by atoms with Crippen molar-refractivity contribution in [2.75, 3.05) is 13.1 Å². The van der Waals surface area contributed by atoms with Gasteiger partial charge in [0.15, 0.2) is 0 Å². The van der Waals surface area contributed by atoms with Crippen molar-refractivity contribution in [1.29, 1.82) is 0 Å².